The number of aryl methyl sites for hydroxylation is 2. The molecule has 2 rings (SSSR count). The third kappa shape index (κ3) is 5.20. The van der Waals surface area contributed by atoms with Crippen molar-refractivity contribution in [1.82, 2.24) is 5.32 Å². The van der Waals surface area contributed by atoms with Gasteiger partial charge in [0.15, 0.2) is 0 Å². The second-order valence-corrected chi connectivity index (χ2v) is 7.54. The molecule has 1 aromatic carbocycles. The molecule has 0 bridgehead atoms. The van der Waals surface area contributed by atoms with E-state index < -0.39 is 10.8 Å². The van der Waals surface area contributed by atoms with Gasteiger partial charge < -0.3 is 10.1 Å². The van der Waals surface area contributed by atoms with E-state index in [1.54, 1.807) is 0 Å². The molecule has 1 N–H and O–H groups in total. The summed E-state index contributed by atoms with van der Waals surface area (Å²) in [6, 6.07) is 6.76. The second-order valence-electron chi connectivity index (χ2n) is 6.03. The molecule has 3 unspecified atom stereocenters. The van der Waals surface area contributed by atoms with Crippen LogP contribution in [0.4, 0.5) is 0 Å². The largest absolute Gasteiger partial charge is 0.381 e. The molecule has 0 radical (unpaired) electrons. The minimum atomic E-state index is -0.833. The highest BCUT2D eigenvalue weighted by Gasteiger charge is 2.26. The smallest absolute Gasteiger partial charge is 0.0510 e. The van der Waals surface area contributed by atoms with Crippen LogP contribution in [-0.2, 0) is 21.3 Å². The van der Waals surface area contributed by atoms with Crippen molar-refractivity contribution < 1.29 is 8.95 Å². The van der Waals surface area contributed by atoms with Gasteiger partial charge in [-0.2, -0.15) is 0 Å². The predicted octanol–water partition coefficient (Wildman–Crippen LogP) is 2.57. The number of ether oxygens (including phenoxy) is 1. The van der Waals surface area contributed by atoms with Gasteiger partial charge in [-0.1, -0.05) is 36.2 Å². The van der Waals surface area contributed by atoms with E-state index in [0.29, 0.717) is 17.7 Å². The number of rotatable bonds is 7. The second kappa shape index (κ2) is 8.06. The molecule has 1 aromatic rings. The lowest BCUT2D eigenvalue weighted by Gasteiger charge is -2.22. The van der Waals surface area contributed by atoms with Crippen molar-refractivity contribution >= 4 is 10.8 Å². The molecule has 4 heteroatoms. The van der Waals surface area contributed by atoms with Gasteiger partial charge in [-0.3, -0.25) is 4.21 Å². The van der Waals surface area contributed by atoms with E-state index in [-0.39, 0.29) is 0 Å². The molecular weight excluding hydrogens is 282 g/mol. The zero-order valence-electron chi connectivity index (χ0n) is 13.4. The lowest BCUT2D eigenvalue weighted by Crippen LogP contribution is -2.41. The maximum absolute atomic E-state index is 12.5. The van der Waals surface area contributed by atoms with Gasteiger partial charge in [0.25, 0.3) is 0 Å². The average molecular weight is 309 g/mol. The van der Waals surface area contributed by atoms with E-state index in [9.17, 15) is 4.21 Å². The van der Waals surface area contributed by atoms with Crippen LogP contribution in [0.5, 0.6) is 0 Å². The summed E-state index contributed by atoms with van der Waals surface area (Å²) in [7, 11) is -0.833. The molecule has 0 saturated carbocycles. The van der Waals surface area contributed by atoms with Crippen molar-refractivity contribution in [3.8, 4) is 0 Å². The summed E-state index contributed by atoms with van der Waals surface area (Å²) in [5.41, 5.74) is 3.67. The van der Waals surface area contributed by atoms with Crippen LogP contribution in [-0.4, -0.2) is 35.8 Å². The average Bonchev–Trinajstić information content (AvgIpc) is 2.90. The highest BCUT2D eigenvalue weighted by molar-refractivity contribution is 7.84. The van der Waals surface area contributed by atoms with Crippen LogP contribution >= 0.6 is 0 Å². The number of benzene rings is 1. The van der Waals surface area contributed by atoms with Crippen molar-refractivity contribution in [1.29, 1.82) is 0 Å². The van der Waals surface area contributed by atoms with Crippen LogP contribution in [0.3, 0.4) is 0 Å². The minimum absolute atomic E-state index is 0.309. The van der Waals surface area contributed by atoms with E-state index in [2.05, 4.69) is 44.3 Å². The summed E-state index contributed by atoms with van der Waals surface area (Å²) < 4.78 is 18.0. The normalized spacial score (nSPS) is 21.4. The number of hydrogen-bond acceptors (Lipinski definition) is 3. The summed E-state index contributed by atoms with van der Waals surface area (Å²) in [5, 5.41) is 3.49. The fourth-order valence-corrected chi connectivity index (χ4v) is 4.54. The predicted molar refractivity (Wildman–Crippen MR) is 89.0 cm³/mol. The summed E-state index contributed by atoms with van der Waals surface area (Å²) in [4.78, 5) is 0. The fraction of sp³-hybridized carbons (Fsp3) is 0.647. The van der Waals surface area contributed by atoms with E-state index in [1.807, 2.05) is 0 Å². The topological polar surface area (TPSA) is 38.3 Å². The third-order valence-corrected chi connectivity index (χ3v) is 5.36. The molecule has 118 valence electrons. The monoisotopic (exact) mass is 309 g/mol. The van der Waals surface area contributed by atoms with E-state index in [0.717, 1.165) is 31.9 Å². The van der Waals surface area contributed by atoms with E-state index >= 15 is 0 Å². The summed E-state index contributed by atoms with van der Waals surface area (Å²) in [6.45, 7) is 8.86. The highest BCUT2D eigenvalue weighted by atomic mass is 32.2. The van der Waals surface area contributed by atoms with Crippen LogP contribution in [0.25, 0.3) is 0 Å². The zero-order chi connectivity index (χ0) is 15.2. The Morgan fingerprint density at radius 2 is 2.05 bits per heavy atom. The molecule has 1 aliphatic heterocycles. The van der Waals surface area contributed by atoms with Gasteiger partial charge in [-0.15, -0.1) is 0 Å². The maximum Gasteiger partial charge on any atom is 0.0510 e. The van der Waals surface area contributed by atoms with Crippen molar-refractivity contribution in [2.24, 2.45) is 5.92 Å². The van der Waals surface area contributed by atoms with Crippen LogP contribution in [0, 0.1) is 19.8 Å². The Balaban J connectivity index is 1.94. The molecule has 0 spiro atoms. The molecule has 1 aliphatic rings. The van der Waals surface area contributed by atoms with Crippen LogP contribution in [0.2, 0.25) is 0 Å². The number of nitrogens with one attached hydrogen (secondary N) is 1. The lowest BCUT2D eigenvalue weighted by atomic mass is 10.0. The highest BCUT2D eigenvalue weighted by Crippen LogP contribution is 2.19. The molecule has 0 aliphatic carbocycles. The SMILES string of the molecule is CCNC(CS(=O)Cc1cc(C)cc(C)c1)C1CCOC1. The minimum Gasteiger partial charge on any atom is -0.381 e. The van der Waals surface area contributed by atoms with E-state index in [4.69, 9.17) is 4.74 Å². The summed E-state index contributed by atoms with van der Waals surface area (Å²) in [6.07, 6.45) is 1.08. The van der Waals surface area contributed by atoms with E-state index in [1.165, 1.54) is 16.7 Å². The van der Waals surface area contributed by atoms with Crippen molar-refractivity contribution in [2.75, 3.05) is 25.5 Å². The van der Waals surface area contributed by atoms with Gasteiger partial charge in [-0.05, 0) is 32.4 Å². The van der Waals surface area contributed by atoms with Gasteiger partial charge in [-0.25, -0.2) is 0 Å². The van der Waals surface area contributed by atoms with Crippen molar-refractivity contribution in [3.05, 3.63) is 34.9 Å². The molecule has 1 fully saturated rings. The van der Waals surface area contributed by atoms with Gasteiger partial charge in [0, 0.05) is 40.9 Å². The van der Waals surface area contributed by atoms with Crippen molar-refractivity contribution in [3.63, 3.8) is 0 Å². The van der Waals surface area contributed by atoms with Gasteiger partial charge >= 0.3 is 0 Å². The molecule has 1 heterocycles. The quantitative estimate of drug-likeness (QED) is 0.841. The fourth-order valence-electron chi connectivity index (χ4n) is 3.09. The van der Waals surface area contributed by atoms with Crippen LogP contribution in [0.1, 0.15) is 30.0 Å². The lowest BCUT2D eigenvalue weighted by molar-refractivity contribution is 0.179. The number of hydrogen-bond donors (Lipinski definition) is 1. The molecule has 0 amide bonds. The first-order valence-electron chi connectivity index (χ1n) is 7.81. The molecule has 1 saturated heterocycles. The Morgan fingerprint density at radius 1 is 1.33 bits per heavy atom. The first kappa shape index (κ1) is 16.7. The maximum atomic E-state index is 12.5. The first-order chi connectivity index (χ1) is 10.1. The third-order valence-electron chi connectivity index (χ3n) is 3.97. The van der Waals surface area contributed by atoms with Gasteiger partial charge in [0.1, 0.15) is 0 Å². The molecule has 0 aromatic heterocycles. The Labute approximate surface area is 130 Å². The first-order valence-corrected chi connectivity index (χ1v) is 9.30. The standard InChI is InChI=1S/C17H27NO2S/c1-4-18-17(16-5-6-20-10-16)12-21(19)11-15-8-13(2)7-14(3)9-15/h7-9,16-18H,4-6,10-12H2,1-3H3. The summed E-state index contributed by atoms with van der Waals surface area (Å²) >= 11 is 0. The molecular formula is C17H27NO2S. The van der Waals surface area contributed by atoms with Crippen molar-refractivity contribution in [2.45, 2.75) is 39.0 Å². The summed E-state index contributed by atoms with van der Waals surface area (Å²) in [5.74, 6) is 1.88. The van der Waals surface area contributed by atoms with Gasteiger partial charge in [0.2, 0.25) is 0 Å². The Kier molecular flexibility index (Phi) is 6.40. The van der Waals surface area contributed by atoms with Crippen LogP contribution < -0.4 is 5.32 Å². The van der Waals surface area contributed by atoms with Crippen LogP contribution in [0.15, 0.2) is 18.2 Å². The Hall–Kier alpha value is -0.710. The molecule has 21 heavy (non-hydrogen) atoms. The zero-order valence-corrected chi connectivity index (χ0v) is 14.2. The molecule has 3 atom stereocenters. The Morgan fingerprint density at radius 3 is 2.62 bits per heavy atom. The Bertz CT molecular complexity index is 463. The van der Waals surface area contributed by atoms with Gasteiger partial charge in [0.05, 0.1) is 6.61 Å². The molecule has 3 nitrogen and oxygen atoms in total.